The van der Waals surface area contributed by atoms with E-state index in [4.69, 9.17) is 4.99 Å². The molecule has 2 rings (SSSR count). The zero-order chi connectivity index (χ0) is 13.2. The average molecular weight is 327 g/mol. The first kappa shape index (κ1) is 13.9. The molecule has 0 aliphatic carbocycles. The van der Waals surface area contributed by atoms with Crippen molar-refractivity contribution < 1.29 is 0 Å². The Hall–Kier alpha value is -0.480. The number of hydrogen-bond acceptors (Lipinski definition) is 3. The van der Waals surface area contributed by atoms with Crippen molar-refractivity contribution in [2.24, 2.45) is 4.99 Å². The Morgan fingerprint density at radius 1 is 1.39 bits per heavy atom. The van der Waals surface area contributed by atoms with Gasteiger partial charge >= 0.3 is 0 Å². The lowest BCUT2D eigenvalue weighted by molar-refractivity contribution is 0.456. The summed E-state index contributed by atoms with van der Waals surface area (Å²) in [4.78, 5) is 4.87. The number of nitrogens with zero attached hydrogens (tertiary/aromatic N) is 1. The highest BCUT2D eigenvalue weighted by molar-refractivity contribution is 9.10. The maximum absolute atomic E-state index is 4.87. The van der Waals surface area contributed by atoms with E-state index in [0.717, 1.165) is 33.9 Å². The lowest BCUT2D eigenvalue weighted by Gasteiger charge is -2.20. The minimum absolute atomic E-state index is 0.149. The summed E-state index contributed by atoms with van der Waals surface area (Å²) in [6.45, 7) is 6.56. The fourth-order valence-corrected chi connectivity index (χ4v) is 3.84. The van der Waals surface area contributed by atoms with Gasteiger partial charge < -0.3 is 5.32 Å². The molecule has 0 bridgehead atoms. The van der Waals surface area contributed by atoms with E-state index in [1.54, 1.807) is 0 Å². The summed E-state index contributed by atoms with van der Waals surface area (Å²) < 4.78 is 1.11. The molecule has 0 spiro atoms. The number of hydrogen-bond donors (Lipinski definition) is 1. The van der Waals surface area contributed by atoms with Crippen LogP contribution in [0.15, 0.2) is 27.7 Å². The molecule has 98 valence electrons. The Kier molecular flexibility index (Phi) is 4.38. The van der Waals surface area contributed by atoms with E-state index in [-0.39, 0.29) is 5.54 Å². The van der Waals surface area contributed by atoms with Crippen molar-refractivity contribution in [2.75, 3.05) is 11.1 Å². The minimum atomic E-state index is 0.149. The number of rotatable bonds is 3. The van der Waals surface area contributed by atoms with Gasteiger partial charge in [0.25, 0.3) is 0 Å². The second-order valence-electron chi connectivity index (χ2n) is 4.72. The molecule has 0 atom stereocenters. The first-order valence-electron chi connectivity index (χ1n) is 6.34. The molecule has 1 aromatic rings. The number of amidine groups is 1. The van der Waals surface area contributed by atoms with Crippen LogP contribution in [-0.4, -0.2) is 16.5 Å². The minimum Gasteiger partial charge on any atom is -0.335 e. The van der Waals surface area contributed by atoms with Crippen molar-refractivity contribution in [3.63, 3.8) is 0 Å². The third kappa shape index (κ3) is 2.91. The Balaban J connectivity index is 2.15. The van der Waals surface area contributed by atoms with E-state index in [1.165, 1.54) is 5.56 Å². The second-order valence-corrected chi connectivity index (χ2v) is 6.60. The fraction of sp³-hybridized carbons (Fsp3) is 0.500. The number of nitrogens with one attached hydrogen (secondary N) is 1. The van der Waals surface area contributed by atoms with Gasteiger partial charge in [-0.3, -0.25) is 4.99 Å². The van der Waals surface area contributed by atoms with Crippen LogP contribution >= 0.6 is 27.7 Å². The number of anilines is 1. The molecule has 1 aliphatic heterocycles. The average Bonchev–Trinajstić information content (AvgIpc) is 2.77. The highest BCUT2D eigenvalue weighted by Gasteiger charge is 2.32. The summed E-state index contributed by atoms with van der Waals surface area (Å²) in [7, 11) is 0. The summed E-state index contributed by atoms with van der Waals surface area (Å²) in [5.41, 5.74) is 2.53. The van der Waals surface area contributed by atoms with Crippen molar-refractivity contribution in [3.8, 4) is 0 Å². The molecule has 0 aromatic heterocycles. The summed E-state index contributed by atoms with van der Waals surface area (Å²) >= 11 is 5.32. The van der Waals surface area contributed by atoms with Crippen LogP contribution in [-0.2, 0) is 0 Å². The highest BCUT2D eigenvalue weighted by Crippen LogP contribution is 2.34. The maximum Gasteiger partial charge on any atom is 0.161 e. The van der Waals surface area contributed by atoms with Gasteiger partial charge in [-0.25, -0.2) is 0 Å². The predicted octanol–water partition coefficient (Wildman–Crippen LogP) is 4.83. The van der Waals surface area contributed by atoms with E-state index >= 15 is 0 Å². The number of thioether (sulfide) groups is 1. The van der Waals surface area contributed by atoms with E-state index in [2.05, 4.69) is 60.2 Å². The van der Waals surface area contributed by atoms with Gasteiger partial charge in [-0.1, -0.05) is 41.5 Å². The van der Waals surface area contributed by atoms with Crippen LogP contribution in [0.25, 0.3) is 0 Å². The van der Waals surface area contributed by atoms with Gasteiger partial charge in [0.15, 0.2) is 5.17 Å². The van der Waals surface area contributed by atoms with E-state index in [1.807, 2.05) is 11.8 Å². The predicted molar refractivity (Wildman–Crippen MR) is 85.7 cm³/mol. The van der Waals surface area contributed by atoms with Crippen LogP contribution in [0.3, 0.4) is 0 Å². The van der Waals surface area contributed by atoms with E-state index in [0.29, 0.717) is 0 Å². The second kappa shape index (κ2) is 5.66. The van der Waals surface area contributed by atoms with Gasteiger partial charge in [0, 0.05) is 15.9 Å². The van der Waals surface area contributed by atoms with Gasteiger partial charge in [-0.2, -0.15) is 0 Å². The largest absolute Gasteiger partial charge is 0.335 e. The molecule has 0 fully saturated rings. The quantitative estimate of drug-likeness (QED) is 0.860. The molecule has 0 unspecified atom stereocenters. The molecule has 0 saturated carbocycles. The Labute approximate surface area is 122 Å². The fourth-order valence-electron chi connectivity index (χ4n) is 2.04. The molecule has 1 aromatic carbocycles. The Bertz CT molecular complexity index is 467. The number of halogens is 1. The number of benzene rings is 1. The first-order chi connectivity index (χ1) is 8.58. The highest BCUT2D eigenvalue weighted by atomic mass is 79.9. The lowest BCUT2D eigenvalue weighted by atomic mass is 9.97. The zero-order valence-corrected chi connectivity index (χ0v) is 13.5. The molecule has 1 N–H and O–H groups in total. The van der Waals surface area contributed by atoms with Crippen molar-refractivity contribution in [1.82, 2.24) is 0 Å². The molecule has 1 heterocycles. The third-order valence-corrected chi connectivity index (χ3v) is 5.20. The van der Waals surface area contributed by atoms with E-state index < -0.39 is 0 Å². The maximum atomic E-state index is 4.87. The molecular weight excluding hydrogens is 308 g/mol. The van der Waals surface area contributed by atoms with E-state index in [9.17, 15) is 0 Å². The van der Waals surface area contributed by atoms with Gasteiger partial charge in [0.05, 0.1) is 5.54 Å². The standard InChI is InChI=1S/C14H19BrN2S/c1-4-14(5-2)9-18-13(17-14)16-12-7-6-11(15)8-10(12)3/h6-8H,4-5,9H2,1-3H3,(H,16,17). The van der Waals surface area contributed by atoms with Gasteiger partial charge in [-0.15, -0.1) is 0 Å². The monoisotopic (exact) mass is 326 g/mol. The molecule has 18 heavy (non-hydrogen) atoms. The van der Waals surface area contributed by atoms with Crippen LogP contribution in [0, 0.1) is 6.92 Å². The molecule has 1 aliphatic rings. The number of aliphatic imine (C=N–C) groups is 1. The molecule has 0 saturated heterocycles. The van der Waals surface area contributed by atoms with Crippen LogP contribution in [0.5, 0.6) is 0 Å². The van der Waals surface area contributed by atoms with Crippen LogP contribution in [0.4, 0.5) is 5.69 Å². The summed E-state index contributed by atoms with van der Waals surface area (Å²) in [6.07, 6.45) is 2.22. The smallest absolute Gasteiger partial charge is 0.161 e. The summed E-state index contributed by atoms with van der Waals surface area (Å²) in [5, 5.41) is 4.51. The number of aryl methyl sites for hydroxylation is 1. The Morgan fingerprint density at radius 3 is 2.67 bits per heavy atom. The molecule has 4 heteroatoms. The zero-order valence-electron chi connectivity index (χ0n) is 11.1. The lowest BCUT2D eigenvalue weighted by Crippen LogP contribution is -2.24. The van der Waals surface area contributed by atoms with Crippen LogP contribution in [0.1, 0.15) is 32.3 Å². The summed E-state index contributed by atoms with van der Waals surface area (Å²) in [5.74, 6) is 1.10. The summed E-state index contributed by atoms with van der Waals surface area (Å²) in [6, 6.07) is 6.28. The third-order valence-electron chi connectivity index (χ3n) is 3.56. The molecule has 2 nitrogen and oxygen atoms in total. The van der Waals surface area contributed by atoms with Crippen molar-refractivity contribution in [2.45, 2.75) is 39.2 Å². The van der Waals surface area contributed by atoms with Crippen molar-refractivity contribution in [1.29, 1.82) is 0 Å². The van der Waals surface area contributed by atoms with Crippen LogP contribution in [0.2, 0.25) is 0 Å². The van der Waals surface area contributed by atoms with Gasteiger partial charge in [0.1, 0.15) is 0 Å². The molecule has 0 radical (unpaired) electrons. The van der Waals surface area contributed by atoms with Crippen LogP contribution < -0.4 is 5.32 Å². The SMILES string of the molecule is CCC1(CC)CSC(Nc2ccc(Br)cc2C)=N1. The first-order valence-corrected chi connectivity index (χ1v) is 8.12. The van der Waals surface area contributed by atoms with Gasteiger partial charge in [-0.05, 0) is 43.5 Å². The normalized spacial score (nSPS) is 17.7. The Morgan fingerprint density at radius 2 is 2.11 bits per heavy atom. The van der Waals surface area contributed by atoms with Crippen molar-refractivity contribution >= 4 is 38.5 Å². The van der Waals surface area contributed by atoms with Gasteiger partial charge in [0.2, 0.25) is 0 Å². The van der Waals surface area contributed by atoms with Crippen molar-refractivity contribution in [3.05, 3.63) is 28.2 Å². The molecule has 0 amide bonds. The topological polar surface area (TPSA) is 24.4 Å². The molecular formula is C14H19BrN2S.